The quantitative estimate of drug-likeness (QED) is 0.577. The van der Waals surface area contributed by atoms with Gasteiger partial charge in [0.2, 0.25) is 0 Å². The number of nitrogens with one attached hydrogen (secondary N) is 1. The number of nitrogens with two attached hydrogens (primary N) is 1. The molecule has 1 fully saturated rings. The second kappa shape index (κ2) is 17.9. The normalized spacial score (nSPS) is 13.9. The van der Waals surface area contributed by atoms with Gasteiger partial charge >= 0.3 is 0 Å². The number of hydrogen-bond donors (Lipinski definition) is 4. The highest BCUT2D eigenvalue weighted by Crippen LogP contribution is 2.16. The molecular weight excluding hydrogens is 220 g/mol. The molecule has 17 heavy (non-hydrogen) atoms. The summed E-state index contributed by atoms with van der Waals surface area (Å²) in [4.78, 5) is 10.0. The second-order valence-electron chi connectivity index (χ2n) is 3.63. The molecule has 1 unspecified atom stereocenters. The summed E-state index contributed by atoms with van der Waals surface area (Å²) in [5, 5.41) is 18.6. The molecule has 0 heterocycles. The molecule has 0 saturated heterocycles. The number of aliphatic hydroxyl groups is 2. The van der Waals surface area contributed by atoms with E-state index in [1.807, 2.05) is 7.05 Å². The van der Waals surface area contributed by atoms with Crippen LogP contribution < -0.4 is 11.1 Å². The Balaban J connectivity index is -0.000000172. The molecule has 5 N–H and O–H groups in total. The number of Topliss-reactive ketones (excluding diaryl/α,β-unsaturated/α-hetero) is 1. The Morgan fingerprint density at radius 2 is 1.76 bits per heavy atom. The highest BCUT2D eigenvalue weighted by molar-refractivity contribution is 5.80. The number of ketones is 1. The van der Waals surface area contributed by atoms with Gasteiger partial charge in [0.25, 0.3) is 0 Å². The molecule has 0 aromatic carbocycles. The van der Waals surface area contributed by atoms with Crippen LogP contribution in [0.5, 0.6) is 0 Å². The lowest BCUT2D eigenvalue weighted by Gasteiger charge is -1.97. The zero-order chi connectivity index (χ0) is 14.3. The van der Waals surface area contributed by atoms with E-state index in [1.165, 1.54) is 26.2 Å². The molecular formula is C12H30N2O3. The van der Waals surface area contributed by atoms with Gasteiger partial charge in [0.1, 0.15) is 6.10 Å². The Bertz CT molecular complexity index is 151. The summed E-state index contributed by atoms with van der Waals surface area (Å²) in [5.74, 6) is -0.275. The largest absolute Gasteiger partial charge is 0.400 e. The van der Waals surface area contributed by atoms with E-state index in [-0.39, 0.29) is 12.3 Å². The highest BCUT2D eigenvalue weighted by atomic mass is 16.3. The molecule has 106 valence electrons. The predicted octanol–water partition coefficient (Wildman–Crippen LogP) is 0.288. The molecule has 1 rings (SSSR count). The first kappa shape index (κ1) is 21.8. The first-order valence-corrected chi connectivity index (χ1v) is 6.03. The molecule has 5 heteroatoms. The van der Waals surface area contributed by atoms with Gasteiger partial charge in [-0.15, -0.1) is 0 Å². The summed E-state index contributed by atoms with van der Waals surface area (Å²) in [5.41, 5.74) is 4.90. The Morgan fingerprint density at radius 1 is 1.41 bits per heavy atom. The summed E-state index contributed by atoms with van der Waals surface area (Å²) in [6, 6.07) is 0.884. The van der Waals surface area contributed by atoms with Gasteiger partial charge in [-0.3, -0.25) is 4.79 Å². The van der Waals surface area contributed by atoms with Crippen LogP contribution in [-0.2, 0) is 4.79 Å². The van der Waals surface area contributed by atoms with Gasteiger partial charge in [0, 0.05) is 19.7 Å². The molecule has 1 aliphatic rings. The van der Waals surface area contributed by atoms with Crippen LogP contribution in [0.25, 0.3) is 0 Å². The van der Waals surface area contributed by atoms with Gasteiger partial charge in [-0.2, -0.15) is 0 Å². The third-order valence-corrected chi connectivity index (χ3v) is 1.68. The number of hydrogen-bond acceptors (Lipinski definition) is 5. The lowest BCUT2D eigenvalue weighted by molar-refractivity contribution is -0.124. The van der Waals surface area contributed by atoms with E-state index in [4.69, 9.17) is 15.9 Å². The topological polar surface area (TPSA) is 95.6 Å². The Morgan fingerprint density at radius 3 is 1.76 bits per heavy atom. The van der Waals surface area contributed by atoms with Crippen LogP contribution in [-0.4, -0.2) is 48.8 Å². The van der Waals surface area contributed by atoms with Crippen molar-refractivity contribution in [3.8, 4) is 0 Å². The second-order valence-corrected chi connectivity index (χ2v) is 3.63. The average Bonchev–Trinajstić information content (AvgIpc) is 3.16. The van der Waals surface area contributed by atoms with Gasteiger partial charge in [0.15, 0.2) is 5.78 Å². The number of rotatable bonds is 3. The molecule has 0 aliphatic heterocycles. The van der Waals surface area contributed by atoms with Crippen molar-refractivity contribution in [1.82, 2.24) is 5.32 Å². The standard InChI is InChI=1S/C4H9NO2.C4H9N.C3H8.CH4O/c1-3(6)4(7)2-5;1-5-4-2-3-4;1-3-2;1-2/h4,7H,2,5H2,1H3;4-5H,2-3H2,1H3;3H2,1-2H3;2H,1H3. The summed E-state index contributed by atoms with van der Waals surface area (Å²) >= 11 is 0. The van der Waals surface area contributed by atoms with Crippen molar-refractivity contribution in [3.63, 3.8) is 0 Å². The third-order valence-electron chi connectivity index (χ3n) is 1.68. The fraction of sp³-hybridized carbons (Fsp3) is 0.917. The molecule has 0 spiro atoms. The molecule has 0 aromatic heterocycles. The van der Waals surface area contributed by atoms with Gasteiger partial charge in [0.05, 0.1) is 0 Å². The first-order chi connectivity index (χ1) is 8.03. The summed E-state index contributed by atoms with van der Waals surface area (Å²) in [6.07, 6.45) is 3.09. The predicted molar refractivity (Wildman–Crippen MR) is 71.9 cm³/mol. The zero-order valence-corrected chi connectivity index (χ0v) is 11.9. The fourth-order valence-corrected chi connectivity index (χ4v) is 0.538. The van der Waals surface area contributed by atoms with E-state index in [0.717, 1.165) is 13.2 Å². The van der Waals surface area contributed by atoms with Gasteiger partial charge < -0.3 is 21.3 Å². The van der Waals surface area contributed by atoms with Crippen LogP contribution in [0, 0.1) is 0 Å². The summed E-state index contributed by atoms with van der Waals surface area (Å²) in [7, 11) is 3.01. The fourth-order valence-electron chi connectivity index (χ4n) is 0.538. The van der Waals surface area contributed by atoms with Crippen LogP contribution in [0.3, 0.4) is 0 Å². The minimum atomic E-state index is -0.958. The summed E-state index contributed by atoms with van der Waals surface area (Å²) < 4.78 is 0. The Kier molecular flexibility index (Phi) is 22.9. The van der Waals surface area contributed by atoms with E-state index in [2.05, 4.69) is 19.2 Å². The molecule has 0 aromatic rings. The molecule has 1 atom stereocenters. The number of carbonyl (C=O) groups is 1. The number of aliphatic hydroxyl groups excluding tert-OH is 2. The van der Waals surface area contributed by atoms with Crippen LogP contribution in [0.15, 0.2) is 0 Å². The van der Waals surface area contributed by atoms with Crippen molar-refractivity contribution in [1.29, 1.82) is 0 Å². The Labute approximate surface area is 105 Å². The van der Waals surface area contributed by atoms with Crippen molar-refractivity contribution in [2.24, 2.45) is 5.73 Å². The van der Waals surface area contributed by atoms with E-state index in [9.17, 15) is 4.79 Å². The lowest BCUT2D eigenvalue weighted by Crippen LogP contribution is -2.26. The maximum absolute atomic E-state index is 10.0. The SMILES string of the molecule is CC(=O)C(O)CN.CCC.CNC1CC1.CO. The van der Waals surface area contributed by atoms with Crippen molar-refractivity contribution in [3.05, 3.63) is 0 Å². The smallest absolute Gasteiger partial charge is 0.159 e. The van der Waals surface area contributed by atoms with E-state index >= 15 is 0 Å². The van der Waals surface area contributed by atoms with E-state index in [1.54, 1.807) is 0 Å². The van der Waals surface area contributed by atoms with Crippen molar-refractivity contribution >= 4 is 5.78 Å². The molecule has 0 amide bonds. The Hall–Kier alpha value is -0.490. The number of carbonyl (C=O) groups excluding carboxylic acids is 1. The van der Waals surface area contributed by atoms with Crippen molar-refractivity contribution in [2.45, 2.75) is 52.2 Å². The molecule has 1 saturated carbocycles. The van der Waals surface area contributed by atoms with Gasteiger partial charge in [-0.05, 0) is 26.8 Å². The van der Waals surface area contributed by atoms with Gasteiger partial charge in [-0.25, -0.2) is 0 Å². The van der Waals surface area contributed by atoms with Gasteiger partial charge in [-0.1, -0.05) is 20.3 Å². The highest BCUT2D eigenvalue weighted by Gasteiger charge is 2.17. The van der Waals surface area contributed by atoms with E-state index in [0.29, 0.717) is 0 Å². The first-order valence-electron chi connectivity index (χ1n) is 6.03. The third kappa shape index (κ3) is 25.6. The van der Waals surface area contributed by atoms with Crippen molar-refractivity contribution < 1.29 is 15.0 Å². The maximum atomic E-state index is 10.0. The van der Waals surface area contributed by atoms with Crippen molar-refractivity contribution in [2.75, 3.05) is 20.7 Å². The minimum absolute atomic E-state index is 0.0231. The summed E-state index contributed by atoms with van der Waals surface area (Å²) in [6.45, 7) is 5.58. The zero-order valence-electron chi connectivity index (χ0n) is 11.9. The molecule has 1 aliphatic carbocycles. The van der Waals surface area contributed by atoms with Crippen LogP contribution in [0.2, 0.25) is 0 Å². The molecule has 0 bridgehead atoms. The van der Waals surface area contributed by atoms with Crippen LogP contribution in [0.1, 0.15) is 40.0 Å². The molecule has 0 radical (unpaired) electrons. The van der Waals surface area contributed by atoms with E-state index < -0.39 is 6.10 Å². The van der Waals surface area contributed by atoms with Crippen LogP contribution in [0.4, 0.5) is 0 Å². The molecule has 5 nitrogen and oxygen atoms in total. The lowest BCUT2D eigenvalue weighted by atomic mass is 10.3. The van der Waals surface area contributed by atoms with Crippen LogP contribution >= 0.6 is 0 Å². The average molecular weight is 250 g/mol. The minimum Gasteiger partial charge on any atom is -0.400 e. The maximum Gasteiger partial charge on any atom is 0.159 e. The monoisotopic (exact) mass is 250 g/mol.